The van der Waals surface area contributed by atoms with Crippen molar-refractivity contribution in [1.82, 2.24) is 29.3 Å². The molecule has 8 nitrogen and oxygen atoms in total. The summed E-state index contributed by atoms with van der Waals surface area (Å²) >= 11 is 0. The lowest BCUT2D eigenvalue weighted by molar-refractivity contribution is 0.0205. The van der Waals surface area contributed by atoms with E-state index in [1.165, 1.54) is 5.56 Å². The van der Waals surface area contributed by atoms with Gasteiger partial charge in [0, 0.05) is 38.1 Å². The third-order valence-electron chi connectivity index (χ3n) is 5.02. The van der Waals surface area contributed by atoms with E-state index in [-0.39, 0.29) is 6.09 Å². The van der Waals surface area contributed by atoms with Crippen molar-refractivity contribution >= 4 is 11.7 Å². The van der Waals surface area contributed by atoms with E-state index >= 15 is 0 Å². The minimum atomic E-state index is -0.474. The standard InChI is InChI=1S/C20H26N6O2/c1-20(2,3)28-19(27)25-9-5-14(6-10-25)16-12-26-18(21-13-22-26)11-15(16)17-7-8-24(4)23-17/h7-8,11-14H,5-6,9-10H2,1-4H3. The van der Waals surface area contributed by atoms with E-state index in [0.717, 1.165) is 29.7 Å². The van der Waals surface area contributed by atoms with Crippen LogP contribution in [0.1, 0.15) is 45.1 Å². The van der Waals surface area contributed by atoms with Crippen molar-refractivity contribution in [2.45, 2.75) is 45.1 Å². The third-order valence-corrected chi connectivity index (χ3v) is 5.02. The van der Waals surface area contributed by atoms with Crippen molar-refractivity contribution < 1.29 is 9.53 Å². The molecule has 3 aromatic rings. The Morgan fingerprint density at radius 3 is 2.64 bits per heavy atom. The number of ether oxygens (including phenoxy) is 1. The molecular weight excluding hydrogens is 356 g/mol. The fourth-order valence-corrected chi connectivity index (χ4v) is 3.68. The number of hydrogen-bond acceptors (Lipinski definition) is 5. The minimum absolute atomic E-state index is 0.234. The zero-order valence-corrected chi connectivity index (χ0v) is 16.8. The van der Waals surface area contributed by atoms with Crippen LogP contribution < -0.4 is 0 Å². The first-order chi connectivity index (χ1) is 13.3. The number of carbonyl (C=O) groups is 1. The summed E-state index contributed by atoms with van der Waals surface area (Å²) in [6, 6.07) is 4.06. The topological polar surface area (TPSA) is 77.6 Å². The van der Waals surface area contributed by atoms with Crippen LogP contribution in [0.5, 0.6) is 0 Å². The maximum absolute atomic E-state index is 12.4. The van der Waals surface area contributed by atoms with E-state index in [0.29, 0.717) is 19.0 Å². The van der Waals surface area contributed by atoms with E-state index in [9.17, 15) is 4.79 Å². The smallest absolute Gasteiger partial charge is 0.410 e. The molecule has 1 amide bonds. The first-order valence-corrected chi connectivity index (χ1v) is 9.61. The Balaban J connectivity index is 1.59. The normalized spacial score (nSPS) is 15.9. The molecule has 4 rings (SSSR count). The van der Waals surface area contributed by atoms with Gasteiger partial charge in [-0.25, -0.2) is 14.3 Å². The predicted octanol–water partition coefficient (Wildman–Crippen LogP) is 3.24. The van der Waals surface area contributed by atoms with Crippen molar-refractivity contribution in [2.75, 3.05) is 13.1 Å². The Hall–Kier alpha value is -2.90. The summed E-state index contributed by atoms with van der Waals surface area (Å²) in [5.41, 5.74) is 3.53. The van der Waals surface area contributed by atoms with Gasteiger partial charge in [0.1, 0.15) is 11.9 Å². The van der Waals surface area contributed by atoms with Crippen LogP contribution in [0.3, 0.4) is 0 Å². The number of hydrogen-bond donors (Lipinski definition) is 0. The number of carbonyl (C=O) groups excluding carboxylic acids is 1. The molecule has 0 saturated carbocycles. The summed E-state index contributed by atoms with van der Waals surface area (Å²) in [4.78, 5) is 18.5. The van der Waals surface area contributed by atoms with Crippen molar-refractivity contribution in [1.29, 1.82) is 0 Å². The molecule has 1 saturated heterocycles. The van der Waals surface area contributed by atoms with Crippen LogP contribution in [-0.2, 0) is 11.8 Å². The summed E-state index contributed by atoms with van der Waals surface area (Å²) in [7, 11) is 1.91. The molecule has 3 aromatic heterocycles. The second-order valence-electron chi connectivity index (χ2n) is 8.32. The molecule has 8 heteroatoms. The average Bonchev–Trinajstić information content (AvgIpc) is 3.27. The number of nitrogens with zero attached hydrogens (tertiary/aromatic N) is 6. The molecule has 0 radical (unpaired) electrons. The van der Waals surface area contributed by atoms with Crippen LogP contribution in [-0.4, -0.2) is 54.1 Å². The molecule has 0 spiro atoms. The Morgan fingerprint density at radius 1 is 1.25 bits per heavy atom. The molecule has 0 N–H and O–H groups in total. The van der Waals surface area contributed by atoms with Gasteiger partial charge in [-0.15, -0.1) is 0 Å². The number of fused-ring (bicyclic) bond motifs is 1. The van der Waals surface area contributed by atoms with Gasteiger partial charge in [-0.3, -0.25) is 4.68 Å². The van der Waals surface area contributed by atoms with Crippen LogP contribution in [0.25, 0.3) is 16.9 Å². The molecule has 1 aliphatic rings. The van der Waals surface area contributed by atoms with E-state index in [4.69, 9.17) is 4.74 Å². The summed E-state index contributed by atoms with van der Waals surface area (Å²) in [6.45, 7) is 7.03. The molecule has 1 fully saturated rings. The fourth-order valence-electron chi connectivity index (χ4n) is 3.68. The number of pyridine rings is 1. The second-order valence-corrected chi connectivity index (χ2v) is 8.32. The zero-order valence-electron chi connectivity index (χ0n) is 16.8. The van der Waals surface area contributed by atoms with Gasteiger partial charge < -0.3 is 9.64 Å². The minimum Gasteiger partial charge on any atom is -0.444 e. The van der Waals surface area contributed by atoms with Gasteiger partial charge in [-0.05, 0) is 57.2 Å². The summed E-state index contributed by atoms with van der Waals surface area (Å²) in [5, 5.41) is 8.88. The SMILES string of the molecule is Cn1ccc(-c2cc3ncnn3cc2C2CCN(C(=O)OC(C)(C)C)CC2)n1. The van der Waals surface area contributed by atoms with Crippen LogP contribution in [0, 0.1) is 0 Å². The Labute approximate surface area is 164 Å². The quantitative estimate of drug-likeness (QED) is 0.680. The van der Waals surface area contributed by atoms with E-state index in [1.807, 2.05) is 50.7 Å². The van der Waals surface area contributed by atoms with Crippen LogP contribution in [0.2, 0.25) is 0 Å². The van der Waals surface area contributed by atoms with Crippen LogP contribution in [0.15, 0.2) is 30.9 Å². The molecule has 0 unspecified atom stereocenters. The maximum Gasteiger partial charge on any atom is 0.410 e. The Morgan fingerprint density at radius 2 is 2.00 bits per heavy atom. The summed E-state index contributed by atoms with van der Waals surface area (Å²) in [5.74, 6) is 0.323. The lowest BCUT2D eigenvalue weighted by Crippen LogP contribution is -2.41. The number of piperidine rings is 1. The van der Waals surface area contributed by atoms with Gasteiger partial charge in [0.05, 0.1) is 5.69 Å². The number of likely N-dealkylation sites (tertiary alicyclic amines) is 1. The molecule has 0 aliphatic carbocycles. The van der Waals surface area contributed by atoms with Crippen molar-refractivity contribution in [3.8, 4) is 11.3 Å². The molecule has 0 bridgehead atoms. The van der Waals surface area contributed by atoms with Crippen LogP contribution >= 0.6 is 0 Å². The molecule has 0 atom stereocenters. The van der Waals surface area contributed by atoms with Crippen molar-refractivity contribution in [3.63, 3.8) is 0 Å². The molecule has 148 valence electrons. The zero-order chi connectivity index (χ0) is 19.9. The molecule has 4 heterocycles. The summed E-state index contributed by atoms with van der Waals surface area (Å²) in [6.07, 6.45) is 7.08. The van der Waals surface area contributed by atoms with Crippen molar-refractivity contribution in [2.24, 2.45) is 7.05 Å². The molecular formula is C20H26N6O2. The number of amides is 1. The predicted molar refractivity (Wildman–Crippen MR) is 105 cm³/mol. The van der Waals surface area contributed by atoms with E-state index in [2.05, 4.69) is 21.4 Å². The highest BCUT2D eigenvalue weighted by atomic mass is 16.6. The Bertz CT molecular complexity index is 992. The lowest BCUT2D eigenvalue weighted by Gasteiger charge is -2.34. The second kappa shape index (κ2) is 6.92. The lowest BCUT2D eigenvalue weighted by atomic mass is 9.87. The summed E-state index contributed by atoms with van der Waals surface area (Å²) < 4.78 is 9.12. The van der Waals surface area contributed by atoms with E-state index < -0.39 is 5.60 Å². The number of aromatic nitrogens is 5. The Kier molecular flexibility index (Phi) is 4.56. The van der Waals surface area contributed by atoms with Gasteiger partial charge in [-0.2, -0.15) is 10.2 Å². The fraction of sp³-hybridized carbons (Fsp3) is 0.500. The highest BCUT2D eigenvalue weighted by Crippen LogP contribution is 2.35. The first-order valence-electron chi connectivity index (χ1n) is 9.61. The number of aryl methyl sites for hydroxylation is 1. The highest BCUT2D eigenvalue weighted by molar-refractivity contribution is 5.70. The first kappa shape index (κ1) is 18.5. The van der Waals surface area contributed by atoms with Gasteiger partial charge in [0.15, 0.2) is 5.65 Å². The highest BCUT2D eigenvalue weighted by Gasteiger charge is 2.29. The molecule has 28 heavy (non-hydrogen) atoms. The van der Waals surface area contributed by atoms with Gasteiger partial charge in [-0.1, -0.05) is 0 Å². The van der Waals surface area contributed by atoms with Crippen LogP contribution in [0.4, 0.5) is 4.79 Å². The van der Waals surface area contributed by atoms with Gasteiger partial charge >= 0.3 is 6.09 Å². The largest absolute Gasteiger partial charge is 0.444 e. The van der Waals surface area contributed by atoms with Crippen molar-refractivity contribution in [3.05, 3.63) is 36.4 Å². The monoisotopic (exact) mass is 382 g/mol. The van der Waals surface area contributed by atoms with Gasteiger partial charge in [0.25, 0.3) is 0 Å². The van der Waals surface area contributed by atoms with E-state index in [1.54, 1.807) is 15.9 Å². The van der Waals surface area contributed by atoms with Gasteiger partial charge in [0.2, 0.25) is 0 Å². The molecule has 1 aliphatic heterocycles. The average molecular weight is 382 g/mol. The third kappa shape index (κ3) is 3.72. The number of rotatable bonds is 2. The molecule has 0 aromatic carbocycles. The maximum atomic E-state index is 12.4.